The Labute approximate surface area is 111 Å². The highest BCUT2D eigenvalue weighted by Gasteiger charge is 2.20. The number of carbonyl (C=O) groups excluding carboxylic acids is 1. The van der Waals surface area contributed by atoms with Gasteiger partial charge in [0, 0.05) is 25.6 Å². The molecule has 1 fully saturated rings. The van der Waals surface area contributed by atoms with Crippen LogP contribution in [0.15, 0.2) is 24.5 Å². The Bertz CT molecular complexity index is 586. The molecule has 5 heteroatoms. The number of imidazole rings is 1. The lowest BCUT2D eigenvalue weighted by atomic mass is 10.0. The molecule has 1 aliphatic heterocycles. The summed E-state index contributed by atoms with van der Waals surface area (Å²) in [5.74, 6) is 0.162. The van der Waals surface area contributed by atoms with E-state index in [4.69, 9.17) is 5.73 Å². The number of rotatable bonds is 3. The molecule has 0 radical (unpaired) electrons. The summed E-state index contributed by atoms with van der Waals surface area (Å²) in [6.07, 6.45) is 4.26. The van der Waals surface area contributed by atoms with E-state index >= 15 is 0 Å². The Morgan fingerprint density at radius 1 is 1.42 bits per heavy atom. The first-order chi connectivity index (χ1) is 9.24. The quantitative estimate of drug-likeness (QED) is 0.877. The van der Waals surface area contributed by atoms with Crippen molar-refractivity contribution in [3.63, 3.8) is 0 Å². The molecule has 1 aromatic heterocycles. The largest absolute Gasteiger partial charge is 0.345 e. The van der Waals surface area contributed by atoms with Crippen LogP contribution in [0, 0.1) is 0 Å². The molecule has 0 spiro atoms. The zero-order valence-corrected chi connectivity index (χ0v) is 10.8. The first-order valence-corrected chi connectivity index (χ1v) is 6.70. The number of aromatic nitrogens is 2. The fraction of sp³-hybridized carbons (Fsp3) is 0.429. The predicted octanol–water partition coefficient (Wildman–Crippen LogP) is 1.58. The van der Waals surface area contributed by atoms with Crippen LogP contribution in [0.4, 0.5) is 0 Å². The van der Waals surface area contributed by atoms with Crippen molar-refractivity contribution in [2.24, 2.45) is 5.73 Å². The number of nitrogens with zero attached hydrogens (tertiary/aromatic N) is 2. The molecule has 0 bridgehead atoms. The van der Waals surface area contributed by atoms with Gasteiger partial charge in [-0.1, -0.05) is 6.07 Å². The Balaban J connectivity index is 1.71. The molecule has 3 rings (SSSR count). The van der Waals surface area contributed by atoms with Crippen molar-refractivity contribution in [1.29, 1.82) is 0 Å². The molecular weight excluding hydrogens is 240 g/mol. The van der Waals surface area contributed by atoms with Crippen LogP contribution < -0.4 is 5.73 Å². The van der Waals surface area contributed by atoms with Crippen LogP contribution in [0.25, 0.3) is 11.0 Å². The lowest BCUT2D eigenvalue weighted by molar-refractivity contribution is -0.130. The molecule has 1 amide bonds. The third kappa shape index (κ3) is 2.46. The zero-order chi connectivity index (χ0) is 13.2. The van der Waals surface area contributed by atoms with Crippen LogP contribution >= 0.6 is 0 Å². The molecule has 1 aromatic carbocycles. The maximum atomic E-state index is 12.1. The number of H-pyrrole nitrogens is 1. The monoisotopic (exact) mass is 258 g/mol. The van der Waals surface area contributed by atoms with Crippen LogP contribution in [0.5, 0.6) is 0 Å². The van der Waals surface area contributed by atoms with Gasteiger partial charge in [0.2, 0.25) is 5.91 Å². The number of fused-ring (bicyclic) bond motifs is 1. The second-order valence-corrected chi connectivity index (χ2v) is 5.08. The van der Waals surface area contributed by atoms with Gasteiger partial charge in [0.25, 0.3) is 0 Å². The van der Waals surface area contributed by atoms with Gasteiger partial charge in [0.1, 0.15) is 0 Å². The van der Waals surface area contributed by atoms with Crippen molar-refractivity contribution in [3.05, 3.63) is 30.1 Å². The van der Waals surface area contributed by atoms with Crippen LogP contribution in [0.3, 0.4) is 0 Å². The molecule has 1 atom stereocenters. The van der Waals surface area contributed by atoms with E-state index in [1.165, 1.54) is 0 Å². The summed E-state index contributed by atoms with van der Waals surface area (Å²) in [5, 5.41) is 0. The number of carbonyl (C=O) groups is 1. The lowest BCUT2D eigenvalue weighted by Gasteiger charge is -2.18. The van der Waals surface area contributed by atoms with Gasteiger partial charge in [0.05, 0.1) is 17.4 Å². The first kappa shape index (κ1) is 12.2. The Hall–Kier alpha value is -1.88. The number of hydrogen-bond acceptors (Lipinski definition) is 3. The lowest BCUT2D eigenvalue weighted by Crippen LogP contribution is -2.30. The van der Waals surface area contributed by atoms with Gasteiger partial charge in [-0.2, -0.15) is 0 Å². The van der Waals surface area contributed by atoms with Crippen LogP contribution in [-0.2, 0) is 4.79 Å². The summed E-state index contributed by atoms with van der Waals surface area (Å²) < 4.78 is 0. The molecule has 100 valence electrons. The third-order valence-corrected chi connectivity index (χ3v) is 3.73. The van der Waals surface area contributed by atoms with Crippen molar-refractivity contribution >= 4 is 16.9 Å². The number of benzene rings is 1. The van der Waals surface area contributed by atoms with E-state index in [-0.39, 0.29) is 11.9 Å². The molecule has 19 heavy (non-hydrogen) atoms. The highest BCUT2D eigenvalue weighted by molar-refractivity contribution is 5.78. The average Bonchev–Trinajstić information content (AvgIpc) is 3.09. The van der Waals surface area contributed by atoms with Crippen molar-refractivity contribution in [1.82, 2.24) is 14.9 Å². The fourth-order valence-corrected chi connectivity index (χ4v) is 2.59. The van der Waals surface area contributed by atoms with Crippen molar-refractivity contribution in [2.45, 2.75) is 25.3 Å². The summed E-state index contributed by atoms with van der Waals surface area (Å²) in [6, 6.07) is 5.61. The van der Waals surface area contributed by atoms with E-state index in [0.29, 0.717) is 6.42 Å². The van der Waals surface area contributed by atoms with Gasteiger partial charge in [-0.25, -0.2) is 4.98 Å². The summed E-state index contributed by atoms with van der Waals surface area (Å²) in [6.45, 7) is 1.76. The second kappa shape index (κ2) is 5.01. The molecule has 2 heterocycles. The molecule has 2 aromatic rings. The molecule has 1 unspecified atom stereocenters. The highest BCUT2D eigenvalue weighted by atomic mass is 16.2. The summed E-state index contributed by atoms with van der Waals surface area (Å²) in [5.41, 5.74) is 9.00. The first-order valence-electron chi connectivity index (χ1n) is 6.70. The second-order valence-electron chi connectivity index (χ2n) is 5.08. The summed E-state index contributed by atoms with van der Waals surface area (Å²) in [4.78, 5) is 21.2. The van der Waals surface area contributed by atoms with Gasteiger partial charge in [0.15, 0.2) is 0 Å². The van der Waals surface area contributed by atoms with Gasteiger partial charge in [-0.3, -0.25) is 4.79 Å². The molecule has 1 aliphatic rings. The maximum Gasteiger partial charge on any atom is 0.224 e. The minimum atomic E-state index is -0.249. The molecule has 0 aliphatic carbocycles. The highest BCUT2D eigenvalue weighted by Crippen LogP contribution is 2.20. The van der Waals surface area contributed by atoms with Crippen molar-refractivity contribution < 1.29 is 4.79 Å². The van der Waals surface area contributed by atoms with Gasteiger partial charge >= 0.3 is 0 Å². The number of nitrogens with one attached hydrogen (secondary N) is 1. The maximum absolute atomic E-state index is 12.1. The zero-order valence-electron chi connectivity index (χ0n) is 10.8. The SMILES string of the molecule is NC(CC(=O)N1CCCC1)c1ccc2nc[nH]c2c1. The molecule has 3 N–H and O–H groups in total. The minimum Gasteiger partial charge on any atom is -0.345 e. The average molecular weight is 258 g/mol. The van der Waals surface area contributed by atoms with E-state index < -0.39 is 0 Å². The Morgan fingerprint density at radius 3 is 3.00 bits per heavy atom. The molecule has 1 saturated heterocycles. The fourth-order valence-electron chi connectivity index (χ4n) is 2.59. The van der Waals surface area contributed by atoms with E-state index in [1.807, 2.05) is 23.1 Å². The summed E-state index contributed by atoms with van der Waals surface area (Å²) in [7, 11) is 0. The normalized spacial score (nSPS) is 17.0. The Kier molecular flexibility index (Phi) is 3.21. The number of aromatic amines is 1. The summed E-state index contributed by atoms with van der Waals surface area (Å²) >= 11 is 0. The molecular formula is C14H18N4O. The molecule has 0 saturated carbocycles. The van der Waals surface area contributed by atoms with Crippen LogP contribution in [0.1, 0.15) is 30.9 Å². The third-order valence-electron chi connectivity index (χ3n) is 3.73. The van der Waals surface area contributed by atoms with Gasteiger partial charge in [-0.05, 0) is 30.5 Å². The van der Waals surface area contributed by atoms with Gasteiger partial charge in [-0.15, -0.1) is 0 Å². The smallest absolute Gasteiger partial charge is 0.224 e. The van der Waals surface area contributed by atoms with E-state index in [1.54, 1.807) is 6.33 Å². The van der Waals surface area contributed by atoms with Crippen molar-refractivity contribution in [2.75, 3.05) is 13.1 Å². The minimum absolute atomic E-state index is 0.162. The standard InChI is InChI=1S/C14H18N4O/c15-11(8-14(19)18-5-1-2-6-18)10-3-4-12-13(7-10)17-9-16-12/h3-4,7,9,11H,1-2,5-6,8,15H2,(H,16,17). The number of amides is 1. The van der Waals surface area contributed by atoms with E-state index in [9.17, 15) is 4.79 Å². The van der Waals surface area contributed by atoms with E-state index in [0.717, 1.165) is 42.5 Å². The van der Waals surface area contributed by atoms with Crippen LogP contribution in [0.2, 0.25) is 0 Å². The van der Waals surface area contributed by atoms with Gasteiger partial charge < -0.3 is 15.6 Å². The van der Waals surface area contributed by atoms with E-state index in [2.05, 4.69) is 9.97 Å². The predicted molar refractivity (Wildman–Crippen MR) is 73.5 cm³/mol. The number of likely N-dealkylation sites (tertiary alicyclic amines) is 1. The topological polar surface area (TPSA) is 75.0 Å². The Morgan fingerprint density at radius 2 is 2.21 bits per heavy atom. The molecule has 5 nitrogen and oxygen atoms in total. The van der Waals surface area contributed by atoms with Crippen LogP contribution in [-0.4, -0.2) is 33.9 Å². The number of nitrogens with two attached hydrogens (primary N) is 1. The van der Waals surface area contributed by atoms with Crippen molar-refractivity contribution in [3.8, 4) is 0 Å². The number of hydrogen-bond donors (Lipinski definition) is 2.